The molecule has 0 saturated carbocycles. The third kappa shape index (κ3) is 14.3. The molecule has 0 bridgehead atoms. The van der Waals surface area contributed by atoms with Crippen molar-refractivity contribution in [1.29, 1.82) is 0 Å². The number of rotatable bonds is 19. The summed E-state index contributed by atoms with van der Waals surface area (Å²) in [4.78, 5) is 12.1. The highest BCUT2D eigenvalue weighted by Gasteiger charge is 2.12. The highest BCUT2D eigenvalue weighted by molar-refractivity contribution is 5.76. The van der Waals surface area contributed by atoms with Crippen LogP contribution in [0.1, 0.15) is 121 Å². The third-order valence-electron chi connectivity index (χ3n) is 5.73. The van der Waals surface area contributed by atoms with Crippen molar-refractivity contribution < 1.29 is 9.90 Å². The van der Waals surface area contributed by atoms with Gasteiger partial charge >= 0.3 is 0 Å². The van der Waals surface area contributed by atoms with E-state index in [4.69, 9.17) is 0 Å². The zero-order valence-corrected chi connectivity index (χ0v) is 18.8. The van der Waals surface area contributed by atoms with Crippen molar-refractivity contribution in [2.45, 2.75) is 116 Å². The lowest BCUT2D eigenvalue weighted by molar-refractivity contribution is -0.122. The van der Waals surface area contributed by atoms with Crippen LogP contribution in [-0.4, -0.2) is 17.6 Å². The van der Waals surface area contributed by atoms with Gasteiger partial charge in [0.05, 0.1) is 12.6 Å². The van der Waals surface area contributed by atoms with Gasteiger partial charge in [-0.3, -0.25) is 4.79 Å². The molecule has 1 rings (SSSR count). The molecule has 1 aromatic carbocycles. The number of hydrogen-bond acceptors (Lipinski definition) is 2. The lowest BCUT2D eigenvalue weighted by Crippen LogP contribution is -2.30. The lowest BCUT2D eigenvalue weighted by atomic mass is 10.0. The molecule has 0 spiro atoms. The average Bonchev–Trinajstić information content (AvgIpc) is 2.75. The Hall–Kier alpha value is -1.35. The van der Waals surface area contributed by atoms with Gasteiger partial charge in [0.1, 0.15) is 0 Å². The van der Waals surface area contributed by atoms with Crippen LogP contribution in [0.2, 0.25) is 0 Å². The van der Waals surface area contributed by atoms with E-state index in [1.54, 1.807) is 0 Å². The summed E-state index contributed by atoms with van der Waals surface area (Å²) in [6.45, 7) is 2.21. The fourth-order valence-electron chi connectivity index (χ4n) is 3.84. The Labute approximate surface area is 179 Å². The summed E-state index contributed by atoms with van der Waals surface area (Å²) < 4.78 is 0. The Balaban J connectivity index is 1.88. The molecule has 29 heavy (non-hydrogen) atoms. The summed E-state index contributed by atoms with van der Waals surface area (Å²) in [6, 6.07) is 9.39. The Bertz CT molecular complexity index is 489. The van der Waals surface area contributed by atoms with Crippen LogP contribution in [0, 0.1) is 0 Å². The molecule has 1 amide bonds. The number of benzene rings is 1. The molecular formula is C26H45NO2. The first-order chi connectivity index (χ1) is 14.3. The molecule has 0 aliphatic carbocycles. The summed E-state index contributed by atoms with van der Waals surface area (Å²) in [5.74, 6) is 0.0441. The molecule has 0 unspecified atom stereocenters. The summed E-state index contributed by atoms with van der Waals surface area (Å²) in [5.41, 5.74) is 0.958. The number of hydrogen-bond donors (Lipinski definition) is 2. The van der Waals surface area contributed by atoms with Crippen LogP contribution >= 0.6 is 0 Å². The number of nitrogens with one attached hydrogen (secondary N) is 1. The van der Waals surface area contributed by atoms with Gasteiger partial charge in [0, 0.05) is 6.42 Å². The highest BCUT2D eigenvalue weighted by Crippen LogP contribution is 2.15. The van der Waals surface area contributed by atoms with Crippen molar-refractivity contribution in [2.24, 2.45) is 0 Å². The molecule has 0 radical (unpaired) electrons. The van der Waals surface area contributed by atoms with E-state index in [0.717, 1.165) is 18.4 Å². The van der Waals surface area contributed by atoms with Gasteiger partial charge < -0.3 is 10.4 Å². The van der Waals surface area contributed by atoms with Gasteiger partial charge in [-0.1, -0.05) is 127 Å². The monoisotopic (exact) mass is 403 g/mol. The molecule has 0 heterocycles. The fraction of sp³-hybridized carbons (Fsp3) is 0.731. The summed E-state index contributed by atoms with van der Waals surface area (Å²) in [6.07, 6.45) is 20.5. The van der Waals surface area contributed by atoms with Gasteiger partial charge in [-0.15, -0.1) is 0 Å². The van der Waals surface area contributed by atoms with Gasteiger partial charge in [0.2, 0.25) is 5.91 Å². The van der Waals surface area contributed by atoms with E-state index in [1.165, 1.54) is 83.5 Å². The molecular weight excluding hydrogens is 358 g/mol. The van der Waals surface area contributed by atoms with Gasteiger partial charge in [-0.05, 0) is 12.0 Å². The first-order valence-electron chi connectivity index (χ1n) is 12.2. The number of carbonyl (C=O) groups is 1. The minimum absolute atomic E-state index is 0.0441. The number of aliphatic hydroxyl groups excluding tert-OH is 1. The minimum atomic E-state index is -0.292. The Kier molecular flexibility index (Phi) is 16.5. The van der Waals surface area contributed by atoms with E-state index < -0.39 is 0 Å². The molecule has 3 nitrogen and oxygen atoms in total. The van der Waals surface area contributed by atoms with Gasteiger partial charge in [-0.2, -0.15) is 0 Å². The second-order valence-electron chi connectivity index (χ2n) is 8.41. The van der Waals surface area contributed by atoms with E-state index in [-0.39, 0.29) is 18.6 Å². The second-order valence-corrected chi connectivity index (χ2v) is 8.41. The largest absolute Gasteiger partial charge is 0.394 e. The smallest absolute Gasteiger partial charge is 0.220 e. The highest BCUT2D eigenvalue weighted by atomic mass is 16.3. The van der Waals surface area contributed by atoms with Gasteiger partial charge in [-0.25, -0.2) is 0 Å². The zero-order valence-electron chi connectivity index (χ0n) is 18.8. The van der Waals surface area contributed by atoms with Gasteiger partial charge in [0.15, 0.2) is 0 Å². The van der Waals surface area contributed by atoms with E-state index in [2.05, 4.69) is 12.2 Å². The topological polar surface area (TPSA) is 49.3 Å². The van der Waals surface area contributed by atoms with Crippen molar-refractivity contribution in [3.8, 4) is 0 Å². The maximum atomic E-state index is 12.1. The number of aliphatic hydroxyl groups is 1. The zero-order chi connectivity index (χ0) is 21.0. The molecule has 3 heteroatoms. The number of unbranched alkanes of at least 4 members (excludes halogenated alkanes) is 14. The standard InChI is InChI=1S/C26H45NO2/c1-2-3-4-5-6-7-8-9-10-11-12-13-14-15-19-22-26(29)27-25(23-28)24-20-17-16-18-21-24/h16-18,20-21,25,28H,2-15,19,22-23H2,1H3,(H,27,29)/t25-/m0/s1. The molecule has 1 aromatic rings. The van der Waals surface area contributed by atoms with Crippen LogP contribution < -0.4 is 5.32 Å². The van der Waals surface area contributed by atoms with E-state index >= 15 is 0 Å². The number of carbonyl (C=O) groups excluding carboxylic acids is 1. The number of amides is 1. The molecule has 0 aliphatic heterocycles. The molecule has 2 N–H and O–H groups in total. The summed E-state index contributed by atoms with van der Waals surface area (Å²) in [7, 11) is 0. The summed E-state index contributed by atoms with van der Waals surface area (Å²) >= 11 is 0. The quantitative estimate of drug-likeness (QED) is 0.242. The Morgan fingerprint density at radius 3 is 1.66 bits per heavy atom. The van der Waals surface area contributed by atoms with Crippen LogP contribution in [0.25, 0.3) is 0 Å². The second kappa shape index (κ2) is 18.7. The lowest BCUT2D eigenvalue weighted by Gasteiger charge is -2.16. The molecule has 1 atom stereocenters. The Morgan fingerprint density at radius 2 is 1.21 bits per heavy atom. The maximum Gasteiger partial charge on any atom is 0.220 e. The Morgan fingerprint density at radius 1 is 0.759 bits per heavy atom. The van der Waals surface area contributed by atoms with E-state index in [9.17, 15) is 9.90 Å². The first kappa shape index (κ1) is 25.7. The van der Waals surface area contributed by atoms with E-state index in [0.29, 0.717) is 6.42 Å². The van der Waals surface area contributed by atoms with Crippen LogP contribution in [0.4, 0.5) is 0 Å². The summed E-state index contributed by atoms with van der Waals surface area (Å²) in [5, 5.41) is 12.5. The molecule has 166 valence electrons. The van der Waals surface area contributed by atoms with Gasteiger partial charge in [0.25, 0.3) is 0 Å². The predicted molar refractivity (Wildman–Crippen MR) is 124 cm³/mol. The van der Waals surface area contributed by atoms with E-state index in [1.807, 2.05) is 30.3 Å². The molecule has 0 aliphatic rings. The van der Waals surface area contributed by atoms with Crippen molar-refractivity contribution in [2.75, 3.05) is 6.61 Å². The molecule has 0 aromatic heterocycles. The molecule has 0 fully saturated rings. The minimum Gasteiger partial charge on any atom is -0.394 e. The maximum absolute atomic E-state index is 12.1. The van der Waals surface area contributed by atoms with Crippen molar-refractivity contribution in [3.05, 3.63) is 35.9 Å². The van der Waals surface area contributed by atoms with Crippen molar-refractivity contribution >= 4 is 5.91 Å². The molecule has 0 saturated heterocycles. The average molecular weight is 404 g/mol. The first-order valence-corrected chi connectivity index (χ1v) is 12.2. The van der Waals surface area contributed by atoms with Crippen LogP contribution in [-0.2, 0) is 4.79 Å². The van der Waals surface area contributed by atoms with Crippen molar-refractivity contribution in [1.82, 2.24) is 5.32 Å². The van der Waals surface area contributed by atoms with Crippen LogP contribution in [0.3, 0.4) is 0 Å². The third-order valence-corrected chi connectivity index (χ3v) is 5.73. The van der Waals surface area contributed by atoms with Crippen LogP contribution in [0.5, 0.6) is 0 Å². The van der Waals surface area contributed by atoms with Crippen LogP contribution in [0.15, 0.2) is 30.3 Å². The normalized spacial score (nSPS) is 12.1. The SMILES string of the molecule is CCCCCCCCCCCCCCCCCC(=O)N[C@@H](CO)c1ccccc1. The fourth-order valence-corrected chi connectivity index (χ4v) is 3.84. The predicted octanol–water partition coefficient (Wildman–Crippen LogP) is 7.10. The van der Waals surface area contributed by atoms with Crippen molar-refractivity contribution in [3.63, 3.8) is 0 Å².